The van der Waals surface area contributed by atoms with Gasteiger partial charge in [-0.25, -0.2) is 9.97 Å². The Morgan fingerprint density at radius 1 is 0.349 bits per heavy atom. The molecule has 0 N–H and O–H groups in total. The summed E-state index contributed by atoms with van der Waals surface area (Å²) in [6, 6.07) is 57.3. The fourth-order valence-corrected chi connectivity index (χ4v) is 5.90. The third-order valence-corrected chi connectivity index (χ3v) is 8.04. The smallest absolute Gasteiger partial charge is 0.162 e. The van der Waals surface area contributed by atoms with E-state index in [1.54, 1.807) is 0 Å². The van der Waals surface area contributed by atoms with Crippen molar-refractivity contribution in [3.63, 3.8) is 0 Å². The Morgan fingerprint density at radius 2 is 0.860 bits per heavy atom. The highest BCUT2D eigenvalue weighted by Crippen LogP contribution is 2.36. The molecule has 0 saturated heterocycles. The van der Waals surface area contributed by atoms with Crippen molar-refractivity contribution < 1.29 is 0 Å². The van der Waals surface area contributed by atoms with E-state index in [-0.39, 0.29) is 0 Å². The van der Waals surface area contributed by atoms with Gasteiger partial charge in [-0.2, -0.15) is 0 Å². The Hall–Kier alpha value is -5.80. The Balaban J connectivity index is 1.36. The number of hydrogen-bond donors (Lipinski definition) is 0. The molecule has 6 aromatic carbocycles. The quantitative estimate of drug-likeness (QED) is 0.214. The number of nitrogens with zero attached hydrogens (tertiary/aromatic N) is 3. The number of hydrogen-bond acceptors (Lipinski definition) is 2. The molecule has 0 saturated carbocycles. The van der Waals surface area contributed by atoms with Gasteiger partial charge in [-0.05, 0) is 34.4 Å². The zero-order valence-electron chi connectivity index (χ0n) is 23.4. The Morgan fingerprint density at radius 3 is 1.56 bits per heavy atom. The van der Waals surface area contributed by atoms with Gasteiger partial charge in [-0.1, -0.05) is 146 Å². The molecule has 0 spiro atoms. The summed E-state index contributed by atoms with van der Waals surface area (Å²) in [5, 5.41) is 2.40. The average molecular weight is 550 g/mol. The first-order chi connectivity index (χ1) is 21.3. The summed E-state index contributed by atoms with van der Waals surface area (Å²) < 4.78 is 2.28. The highest BCUT2D eigenvalue weighted by Gasteiger charge is 2.17. The van der Waals surface area contributed by atoms with Gasteiger partial charge in [-0.3, -0.25) is 4.57 Å². The lowest BCUT2D eigenvalue weighted by Crippen LogP contribution is -2.02. The van der Waals surface area contributed by atoms with Gasteiger partial charge >= 0.3 is 0 Å². The van der Waals surface area contributed by atoms with Crippen LogP contribution in [0.2, 0.25) is 0 Å². The van der Waals surface area contributed by atoms with Crippen molar-refractivity contribution in [3.05, 3.63) is 164 Å². The summed E-state index contributed by atoms with van der Waals surface area (Å²) in [6.07, 6.45) is 0. The van der Waals surface area contributed by atoms with Gasteiger partial charge in [0, 0.05) is 28.0 Å². The van der Waals surface area contributed by atoms with Crippen LogP contribution in [0.1, 0.15) is 0 Å². The molecule has 0 fully saturated rings. The van der Waals surface area contributed by atoms with Gasteiger partial charge < -0.3 is 0 Å². The van der Waals surface area contributed by atoms with Crippen molar-refractivity contribution >= 4 is 21.8 Å². The molecule has 0 aliphatic heterocycles. The molecule has 8 rings (SSSR count). The number of benzene rings is 6. The summed E-state index contributed by atoms with van der Waals surface area (Å²) in [6.45, 7) is 0. The lowest BCUT2D eigenvalue weighted by molar-refractivity contribution is 1.05. The van der Waals surface area contributed by atoms with Crippen molar-refractivity contribution in [1.29, 1.82) is 0 Å². The molecule has 0 unspecified atom stereocenters. The van der Waals surface area contributed by atoms with Crippen molar-refractivity contribution in [2.45, 2.75) is 0 Å². The number of rotatable bonds is 5. The van der Waals surface area contributed by atoms with Crippen LogP contribution in [0.4, 0.5) is 0 Å². The summed E-state index contributed by atoms with van der Waals surface area (Å²) in [4.78, 5) is 10.3. The Bertz CT molecular complexity index is 2200. The van der Waals surface area contributed by atoms with Crippen LogP contribution < -0.4 is 0 Å². The first-order valence-corrected chi connectivity index (χ1v) is 14.5. The number of aromatic nitrogens is 3. The van der Waals surface area contributed by atoms with E-state index in [1.165, 1.54) is 33.0 Å². The molecule has 202 valence electrons. The maximum Gasteiger partial charge on any atom is 0.162 e. The van der Waals surface area contributed by atoms with Crippen molar-refractivity contribution in [1.82, 2.24) is 14.5 Å². The molecule has 2 heterocycles. The third-order valence-electron chi connectivity index (χ3n) is 8.04. The van der Waals surface area contributed by atoms with E-state index in [0.29, 0.717) is 5.82 Å². The van der Waals surface area contributed by atoms with Gasteiger partial charge in [0.15, 0.2) is 5.82 Å². The van der Waals surface area contributed by atoms with Crippen molar-refractivity contribution in [3.8, 4) is 50.7 Å². The lowest BCUT2D eigenvalue weighted by Gasteiger charge is -2.13. The first kappa shape index (κ1) is 25.0. The fourth-order valence-electron chi connectivity index (χ4n) is 5.90. The van der Waals surface area contributed by atoms with E-state index in [9.17, 15) is 0 Å². The summed E-state index contributed by atoms with van der Waals surface area (Å²) in [5.74, 6) is 1.54. The minimum absolute atomic E-state index is 0.695. The molecule has 0 bridgehead atoms. The monoisotopic (exact) mass is 549 g/mol. The Kier molecular flexibility index (Phi) is 6.12. The van der Waals surface area contributed by atoms with E-state index in [1.807, 2.05) is 12.1 Å². The van der Waals surface area contributed by atoms with Gasteiger partial charge in [0.25, 0.3) is 0 Å². The molecule has 0 aliphatic rings. The van der Waals surface area contributed by atoms with Crippen LogP contribution in [0.5, 0.6) is 0 Å². The topological polar surface area (TPSA) is 30.7 Å². The van der Waals surface area contributed by atoms with E-state index in [4.69, 9.17) is 9.97 Å². The molecule has 0 aliphatic carbocycles. The zero-order valence-corrected chi connectivity index (χ0v) is 23.4. The van der Waals surface area contributed by atoms with Gasteiger partial charge in [-0.15, -0.1) is 0 Å². The molecule has 3 heteroatoms. The maximum atomic E-state index is 5.23. The molecular formula is C40H27N3. The van der Waals surface area contributed by atoms with Crippen molar-refractivity contribution in [2.24, 2.45) is 0 Å². The van der Waals surface area contributed by atoms with E-state index < -0.39 is 0 Å². The molecular weight excluding hydrogens is 522 g/mol. The Labute approximate surface area is 250 Å². The van der Waals surface area contributed by atoms with Gasteiger partial charge in [0.2, 0.25) is 0 Å². The van der Waals surface area contributed by atoms with Gasteiger partial charge in [0.1, 0.15) is 5.82 Å². The largest absolute Gasteiger partial charge is 0.294 e. The maximum absolute atomic E-state index is 5.23. The second-order valence-corrected chi connectivity index (χ2v) is 10.7. The molecule has 3 nitrogen and oxygen atoms in total. The standard InChI is InChI=1S/C40H27N3/c1-4-12-28(13-5-1)30-20-22-32(23-21-30)40-41-36(31-16-8-3-9-17-31)27-39(42-40)43-37-19-11-10-18-34(37)35-25-24-33(26-38(35)43)29-14-6-2-7-15-29/h1-27H. The molecule has 0 atom stereocenters. The average Bonchev–Trinajstić information content (AvgIpc) is 3.43. The minimum Gasteiger partial charge on any atom is -0.294 e. The predicted octanol–water partition coefficient (Wildman–Crippen LogP) is 10.2. The van der Waals surface area contributed by atoms with Crippen LogP contribution in [0.15, 0.2) is 164 Å². The molecule has 2 aromatic heterocycles. The highest BCUT2D eigenvalue weighted by atomic mass is 15.1. The van der Waals surface area contributed by atoms with Crippen LogP contribution >= 0.6 is 0 Å². The second-order valence-electron chi connectivity index (χ2n) is 10.7. The minimum atomic E-state index is 0.695. The first-order valence-electron chi connectivity index (χ1n) is 14.5. The van der Waals surface area contributed by atoms with E-state index >= 15 is 0 Å². The normalized spacial score (nSPS) is 11.3. The third kappa shape index (κ3) is 4.58. The van der Waals surface area contributed by atoms with Crippen LogP contribution in [0.3, 0.4) is 0 Å². The SMILES string of the molecule is c1ccc(-c2ccc(-c3nc(-c4ccccc4)cc(-n4c5ccccc5c5ccc(-c6ccccc6)cc54)n3)cc2)cc1. The van der Waals surface area contributed by atoms with Crippen LogP contribution in [-0.4, -0.2) is 14.5 Å². The van der Waals surface area contributed by atoms with Crippen LogP contribution in [-0.2, 0) is 0 Å². The predicted molar refractivity (Wildman–Crippen MR) is 178 cm³/mol. The lowest BCUT2D eigenvalue weighted by atomic mass is 10.0. The summed E-state index contributed by atoms with van der Waals surface area (Å²) >= 11 is 0. The van der Waals surface area contributed by atoms with Crippen molar-refractivity contribution in [2.75, 3.05) is 0 Å². The summed E-state index contributed by atoms with van der Waals surface area (Å²) in [7, 11) is 0. The number of para-hydroxylation sites is 1. The van der Waals surface area contributed by atoms with E-state index in [2.05, 4.69) is 156 Å². The van der Waals surface area contributed by atoms with Crippen LogP contribution in [0.25, 0.3) is 72.5 Å². The number of fused-ring (bicyclic) bond motifs is 3. The van der Waals surface area contributed by atoms with E-state index in [0.717, 1.165) is 33.7 Å². The van der Waals surface area contributed by atoms with Gasteiger partial charge in [0.05, 0.1) is 16.7 Å². The molecule has 0 radical (unpaired) electrons. The fraction of sp³-hybridized carbons (Fsp3) is 0. The zero-order chi connectivity index (χ0) is 28.6. The highest BCUT2D eigenvalue weighted by molar-refractivity contribution is 6.10. The molecule has 8 aromatic rings. The second kappa shape index (κ2) is 10.6. The molecule has 0 amide bonds. The molecule has 43 heavy (non-hydrogen) atoms. The summed E-state index contributed by atoms with van der Waals surface area (Å²) in [5.41, 5.74) is 9.87. The van der Waals surface area contributed by atoms with Crippen LogP contribution in [0, 0.1) is 0 Å².